The predicted octanol–water partition coefficient (Wildman–Crippen LogP) is 2.60. The average molecular weight is 444 g/mol. The van der Waals surface area contributed by atoms with Crippen LogP contribution >= 0.6 is 0 Å². The molecule has 0 unspecified atom stereocenters. The van der Waals surface area contributed by atoms with Gasteiger partial charge in [0.1, 0.15) is 11.3 Å². The maximum atomic E-state index is 13.3. The standard InChI is InChI=1S/C24H24N6O3/c1-27-22-20(16-25-21(26-22)17-6-4-3-5-7-17)30(23(27)31)24(32)29-14-12-28(13-15-29)18-8-10-19(33-2)11-9-18/h3-11,16H,12-15H2,1-2H3. The smallest absolute Gasteiger partial charge is 0.338 e. The fourth-order valence-electron chi connectivity index (χ4n) is 4.12. The van der Waals surface area contributed by atoms with E-state index in [1.165, 1.54) is 9.13 Å². The maximum Gasteiger partial charge on any atom is 0.338 e. The molecular formula is C24H24N6O3. The number of carbonyl (C=O) groups excluding carboxylic acids is 1. The fraction of sp³-hybridized carbons (Fsp3) is 0.250. The van der Waals surface area contributed by atoms with Gasteiger partial charge in [-0.15, -0.1) is 0 Å². The number of benzene rings is 2. The van der Waals surface area contributed by atoms with Crippen LogP contribution < -0.4 is 15.3 Å². The zero-order chi connectivity index (χ0) is 22.9. The number of anilines is 1. The first-order valence-corrected chi connectivity index (χ1v) is 10.7. The molecule has 0 radical (unpaired) electrons. The van der Waals surface area contributed by atoms with E-state index in [1.807, 2.05) is 54.6 Å². The van der Waals surface area contributed by atoms with Gasteiger partial charge in [-0.05, 0) is 24.3 Å². The fourth-order valence-corrected chi connectivity index (χ4v) is 4.12. The molecule has 1 fully saturated rings. The second kappa shape index (κ2) is 8.42. The summed E-state index contributed by atoms with van der Waals surface area (Å²) in [6.45, 7) is 2.37. The van der Waals surface area contributed by atoms with E-state index in [4.69, 9.17) is 4.74 Å². The number of nitrogens with zero attached hydrogens (tertiary/aromatic N) is 6. The van der Waals surface area contributed by atoms with Gasteiger partial charge in [0.2, 0.25) is 0 Å². The highest BCUT2D eigenvalue weighted by Crippen LogP contribution is 2.22. The molecule has 9 nitrogen and oxygen atoms in total. The largest absolute Gasteiger partial charge is 0.497 e. The van der Waals surface area contributed by atoms with Crippen molar-refractivity contribution in [1.29, 1.82) is 0 Å². The summed E-state index contributed by atoms with van der Waals surface area (Å²) >= 11 is 0. The van der Waals surface area contributed by atoms with Gasteiger partial charge in [-0.25, -0.2) is 24.1 Å². The SMILES string of the molecule is COc1ccc(N2CCN(C(=O)n3c(=O)n(C)c4nc(-c5ccccc5)ncc43)CC2)cc1. The number of methoxy groups -OCH3 is 1. The molecule has 1 aliphatic rings. The minimum absolute atomic E-state index is 0.351. The predicted molar refractivity (Wildman–Crippen MR) is 126 cm³/mol. The van der Waals surface area contributed by atoms with Crippen LogP contribution in [0.4, 0.5) is 10.5 Å². The van der Waals surface area contributed by atoms with Crippen molar-refractivity contribution in [2.24, 2.45) is 7.05 Å². The molecule has 4 aromatic rings. The Morgan fingerprint density at radius 1 is 0.970 bits per heavy atom. The van der Waals surface area contributed by atoms with Crippen LogP contribution in [0.1, 0.15) is 0 Å². The summed E-state index contributed by atoms with van der Waals surface area (Å²) in [4.78, 5) is 39.2. The normalized spacial score (nSPS) is 14.0. The Balaban J connectivity index is 1.38. The van der Waals surface area contributed by atoms with Crippen LogP contribution in [0.25, 0.3) is 22.6 Å². The molecule has 33 heavy (non-hydrogen) atoms. The highest BCUT2D eigenvalue weighted by Gasteiger charge is 2.27. The summed E-state index contributed by atoms with van der Waals surface area (Å²) in [5, 5.41) is 0. The summed E-state index contributed by atoms with van der Waals surface area (Å²) in [5.41, 5.74) is 2.34. The summed E-state index contributed by atoms with van der Waals surface area (Å²) in [6.07, 6.45) is 1.55. The Hall–Kier alpha value is -4.14. The van der Waals surface area contributed by atoms with E-state index in [0.29, 0.717) is 43.2 Å². The topological polar surface area (TPSA) is 85.5 Å². The van der Waals surface area contributed by atoms with Gasteiger partial charge in [0.15, 0.2) is 11.5 Å². The number of fused-ring (bicyclic) bond motifs is 1. The molecule has 0 bridgehead atoms. The summed E-state index contributed by atoms with van der Waals surface area (Å²) in [7, 11) is 3.26. The van der Waals surface area contributed by atoms with Gasteiger partial charge in [-0.3, -0.25) is 4.57 Å². The lowest BCUT2D eigenvalue weighted by Crippen LogP contribution is -2.51. The van der Waals surface area contributed by atoms with Crippen molar-refractivity contribution in [3.8, 4) is 17.1 Å². The number of hydrogen-bond acceptors (Lipinski definition) is 6. The maximum absolute atomic E-state index is 13.3. The van der Waals surface area contributed by atoms with E-state index in [0.717, 1.165) is 17.0 Å². The minimum atomic E-state index is -0.424. The number of carbonyl (C=O) groups is 1. The van der Waals surface area contributed by atoms with Crippen LogP contribution in [0.5, 0.6) is 5.75 Å². The molecule has 9 heteroatoms. The van der Waals surface area contributed by atoms with E-state index in [1.54, 1.807) is 25.3 Å². The Kier molecular flexibility index (Phi) is 5.29. The number of aryl methyl sites for hydroxylation is 1. The van der Waals surface area contributed by atoms with Crippen molar-refractivity contribution in [3.05, 3.63) is 71.3 Å². The van der Waals surface area contributed by atoms with Crippen LogP contribution in [-0.4, -0.2) is 63.3 Å². The van der Waals surface area contributed by atoms with Crippen LogP contribution in [-0.2, 0) is 7.05 Å². The van der Waals surface area contributed by atoms with Gasteiger partial charge >= 0.3 is 11.7 Å². The first kappa shape index (κ1) is 20.7. The van der Waals surface area contributed by atoms with E-state index in [9.17, 15) is 9.59 Å². The van der Waals surface area contributed by atoms with Crippen molar-refractivity contribution >= 4 is 22.9 Å². The van der Waals surface area contributed by atoms with E-state index in [2.05, 4.69) is 14.9 Å². The van der Waals surface area contributed by atoms with E-state index >= 15 is 0 Å². The van der Waals surface area contributed by atoms with Crippen LogP contribution in [0.15, 0.2) is 65.6 Å². The van der Waals surface area contributed by atoms with Gasteiger partial charge in [-0.1, -0.05) is 30.3 Å². The molecule has 1 saturated heterocycles. The van der Waals surface area contributed by atoms with Crippen molar-refractivity contribution in [1.82, 2.24) is 24.0 Å². The molecule has 1 amide bonds. The van der Waals surface area contributed by atoms with Gasteiger partial charge in [0.05, 0.1) is 13.3 Å². The highest BCUT2D eigenvalue weighted by molar-refractivity contribution is 5.88. The molecule has 1 aliphatic heterocycles. The van der Waals surface area contributed by atoms with Crippen molar-refractivity contribution < 1.29 is 9.53 Å². The minimum Gasteiger partial charge on any atom is -0.497 e. The van der Waals surface area contributed by atoms with Gasteiger partial charge in [-0.2, -0.15) is 0 Å². The molecule has 0 spiro atoms. The molecule has 2 aromatic heterocycles. The van der Waals surface area contributed by atoms with Crippen molar-refractivity contribution in [2.75, 3.05) is 38.2 Å². The molecule has 5 rings (SSSR count). The third kappa shape index (κ3) is 3.71. The van der Waals surface area contributed by atoms with Crippen LogP contribution in [0.3, 0.4) is 0 Å². The first-order valence-electron chi connectivity index (χ1n) is 10.7. The monoisotopic (exact) mass is 444 g/mol. The lowest BCUT2D eigenvalue weighted by atomic mass is 10.2. The van der Waals surface area contributed by atoms with Crippen LogP contribution in [0.2, 0.25) is 0 Å². The summed E-state index contributed by atoms with van der Waals surface area (Å²) in [5.74, 6) is 1.32. The lowest BCUT2D eigenvalue weighted by molar-refractivity contribution is 0.196. The van der Waals surface area contributed by atoms with Crippen molar-refractivity contribution in [2.45, 2.75) is 0 Å². The molecule has 0 aliphatic carbocycles. The number of imidazole rings is 1. The van der Waals surface area contributed by atoms with Crippen LogP contribution in [0, 0.1) is 0 Å². The highest BCUT2D eigenvalue weighted by atomic mass is 16.5. The number of rotatable bonds is 3. The van der Waals surface area contributed by atoms with Crippen molar-refractivity contribution in [3.63, 3.8) is 0 Å². The quantitative estimate of drug-likeness (QED) is 0.483. The Bertz CT molecular complexity index is 1350. The Morgan fingerprint density at radius 3 is 2.33 bits per heavy atom. The molecule has 3 heterocycles. The lowest BCUT2D eigenvalue weighted by Gasteiger charge is -2.36. The zero-order valence-corrected chi connectivity index (χ0v) is 18.5. The molecule has 168 valence electrons. The van der Waals surface area contributed by atoms with E-state index < -0.39 is 5.69 Å². The van der Waals surface area contributed by atoms with Gasteiger partial charge < -0.3 is 14.5 Å². The second-order valence-corrected chi connectivity index (χ2v) is 7.90. The Morgan fingerprint density at radius 2 is 1.67 bits per heavy atom. The molecular weight excluding hydrogens is 420 g/mol. The molecule has 0 atom stereocenters. The first-order chi connectivity index (χ1) is 16.1. The van der Waals surface area contributed by atoms with E-state index in [-0.39, 0.29) is 6.03 Å². The number of ether oxygens (including phenoxy) is 1. The molecule has 0 N–H and O–H groups in total. The third-order valence-corrected chi connectivity index (χ3v) is 6.00. The third-order valence-electron chi connectivity index (χ3n) is 6.00. The molecule has 2 aromatic carbocycles. The number of piperazine rings is 1. The average Bonchev–Trinajstić information content (AvgIpc) is 3.13. The second-order valence-electron chi connectivity index (χ2n) is 7.90. The number of aromatic nitrogens is 4. The summed E-state index contributed by atoms with van der Waals surface area (Å²) in [6, 6.07) is 17.0. The Labute approximate surface area is 190 Å². The summed E-state index contributed by atoms with van der Waals surface area (Å²) < 4.78 is 7.79. The number of hydrogen-bond donors (Lipinski definition) is 0. The number of amides is 1. The zero-order valence-electron chi connectivity index (χ0n) is 18.5. The van der Waals surface area contributed by atoms with Gasteiger partial charge in [0.25, 0.3) is 0 Å². The molecule has 0 saturated carbocycles. The van der Waals surface area contributed by atoms with Gasteiger partial charge in [0, 0.05) is 44.5 Å².